The number of hydrogen-bond donors (Lipinski definition) is 1. The number of nitrogens with zero attached hydrogens (tertiary/aromatic N) is 2. The van der Waals surface area contributed by atoms with Crippen LogP contribution in [0.1, 0.15) is 33.5 Å². The van der Waals surface area contributed by atoms with E-state index in [0.29, 0.717) is 12.4 Å². The summed E-state index contributed by atoms with van der Waals surface area (Å²) in [4.78, 5) is 22.1. The summed E-state index contributed by atoms with van der Waals surface area (Å²) < 4.78 is 27.1. The zero-order valence-corrected chi connectivity index (χ0v) is 15.0. The van der Waals surface area contributed by atoms with Crippen molar-refractivity contribution in [1.82, 2.24) is 14.9 Å². The summed E-state index contributed by atoms with van der Waals surface area (Å²) >= 11 is 1.47. The predicted molar refractivity (Wildman–Crippen MR) is 96.1 cm³/mol. The van der Waals surface area contributed by atoms with Crippen LogP contribution in [0, 0.1) is 11.6 Å². The van der Waals surface area contributed by atoms with Crippen LogP contribution in [0.3, 0.4) is 0 Å². The lowest BCUT2D eigenvalue weighted by atomic mass is 10.1. The number of carbonyl (C=O) groups is 1. The molecule has 3 heterocycles. The molecule has 134 valence electrons. The molecule has 0 saturated heterocycles. The molecule has 2 aromatic heterocycles. The second-order valence-electron chi connectivity index (χ2n) is 6.47. The van der Waals surface area contributed by atoms with Gasteiger partial charge in [0.05, 0.1) is 21.8 Å². The van der Waals surface area contributed by atoms with Gasteiger partial charge in [-0.15, -0.1) is 11.3 Å². The molecule has 1 aliphatic heterocycles. The number of thiophene rings is 1. The number of H-pyrrole nitrogens is 1. The number of imidazole rings is 1. The Hall–Kier alpha value is -2.38. The van der Waals surface area contributed by atoms with Gasteiger partial charge in [-0.05, 0) is 36.1 Å². The number of hydrogen-bond acceptors (Lipinski definition) is 4. The van der Waals surface area contributed by atoms with Gasteiger partial charge >= 0.3 is 0 Å². The van der Waals surface area contributed by atoms with Crippen LogP contribution in [0.2, 0.25) is 0 Å². The fourth-order valence-corrected chi connectivity index (χ4v) is 4.00. The summed E-state index contributed by atoms with van der Waals surface area (Å²) in [5.74, 6) is -0.706. The summed E-state index contributed by atoms with van der Waals surface area (Å²) in [5, 5.41) is 2.01. The van der Waals surface area contributed by atoms with E-state index in [1.807, 2.05) is 11.4 Å². The highest BCUT2D eigenvalue weighted by molar-refractivity contribution is 7.12. The maximum absolute atomic E-state index is 14.0. The number of benzene rings is 1. The first kappa shape index (κ1) is 17.1. The van der Waals surface area contributed by atoms with Crippen molar-refractivity contribution in [2.75, 3.05) is 6.54 Å². The van der Waals surface area contributed by atoms with Gasteiger partial charge in [-0.25, -0.2) is 13.8 Å². The minimum absolute atomic E-state index is 0.0849. The number of fused-ring (bicyclic) bond motifs is 1. The maximum atomic E-state index is 14.0. The molecule has 0 spiro atoms. The number of ketones is 1. The van der Waals surface area contributed by atoms with Gasteiger partial charge < -0.3 is 4.98 Å². The fraction of sp³-hybridized carbons (Fsp3) is 0.263. The molecule has 1 aliphatic rings. The van der Waals surface area contributed by atoms with E-state index in [2.05, 4.69) is 14.9 Å². The van der Waals surface area contributed by atoms with Gasteiger partial charge in [0.2, 0.25) is 0 Å². The summed E-state index contributed by atoms with van der Waals surface area (Å²) in [6, 6.07) is 5.44. The van der Waals surface area contributed by atoms with E-state index < -0.39 is 11.6 Å². The molecular formula is C19H17F2N3OS. The minimum atomic E-state index is -0.622. The molecule has 0 aliphatic carbocycles. The fourth-order valence-electron chi connectivity index (χ4n) is 3.20. The first-order chi connectivity index (χ1) is 12.5. The lowest BCUT2D eigenvalue weighted by Crippen LogP contribution is -2.29. The Balaban J connectivity index is 1.52. The van der Waals surface area contributed by atoms with E-state index in [1.165, 1.54) is 23.5 Å². The molecule has 1 N–H and O–H groups in total. The zero-order chi connectivity index (χ0) is 18.3. The van der Waals surface area contributed by atoms with Crippen LogP contribution in [-0.2, 0) is 19.5 Å². The molecule has 3 aromatic rings. The van der Waals surface area contributed by atoms with Crippen molar-refractivity contribution in [2.24, 2.45) is 0 Å². The van der Waals surface area contributed by atoms with Gasteiger partial charge in [0.25, 0.3) is 0 Å². The van der Waals surface area contributed by atoms with Crippen molar-refractivity contribution in [2.45, 2.75) is 26.4 Å². The molecule has 1 aromatic carbocycles. The largest absolute Gasteiger partial charge is 0.340 e. The SMILES string of the molecule is CC(=O)c1cc(CN2CCc3nc(-c4ccc(F)cc4F)[nH]c3C2)cs1. The summed E-state index contributed by atoms with van der Waals surface area (Å²) in [6.07, 6.45) is 0.762. The van der Waals surface area contributed by atoms with Gasteiger partial charge in [0.15, 0.2) is 5.78 Å². The number of halogens is 2. The number of carbonyl (C=O) groups excluding carboxylic acids is 1. The molecule has 0 amide bonds. The summed E-state index contributed by atoms with van der Waals surface area (Å²) in [6.45, 7) is 3.84. The third kappa shape index (κ3) is 3.32. The van der Waals surface area contributed by atoms with E-state index in [1.54, 1.807) is 6.92 Å². The Kier molecular flexibility index (Phi) is 4.42. The van der Waals surface area contributed by atoms with Crippen LogP contribution in [0.25, 0.3) is 11.4 Å². The topological polar surface area (TPSA) is 49.0 Å². The smallest absolute Gasteiger partial charge is 0.169 e. The first-order valence-electron chi connectivity index (χ1n) is 8.33. The van der Waals surface area contributed by atoms with Crippen LogP contribution >= 0.6 is 11.3 Å². The first-order valence-corrected chi connectivity index (χ1v) is 9.21. The molecule has 0 atom stereocenters. The Labute approximate surface area is 153 Å². The predicted octanol–water partition coefficient (Wildman–Crippen LogP) is 4.18. The van der Waals surface area contributed by atoms with Crippen LogP contribution in [0.4, 0.5) is 8.78 Å². The van der Waals surface area contributed by atoms with Gasteiger partial charge in [0.1, 0.15) is 17.5 Å². The molecule has 4 rings (SSSR count). The summed E-state index contributed by atoms with van der Waals surface area (Å²) in [7, 11) is 0. The Morgan fingerprint density at radius 3 is 2.92 bits per heavy atom. The third-order valence-electron chi connectivity index (χ3n) is 4.50. The molecule has 0 radical (unpaired) electrons. The van der Waals surface area contributed by atoms with Crippen LogP contribution in [-0.4, -0.2) is 27.2 Å². The zero-order valence-electron chi connectivity index (χ0n) is 14.2. The molecule has 0 saturated carbocycles. The van der Waals surface area contributed by atoms with E-state index in [4.69, 9.17) is 0 Å². The molecule has 0 fully saturated rings. The van der Waals surface area contributed by atoms with E-state index >= 15 is 0 Å². The number of rotatable bonds is 4. The monoisotopic (exact) mass is 373 g/mol. The normalized spacial score (nSPS) is 14.4. The second kappa shape index (κ2) is 6.74. The molecule has 4 nitrogen and oxygen atoms in total. The number of aromatic amines is 1. The quantitative estimate of drug-likeness (QED) is 0.698. The Bertz CT molecular complexity index is 979. The van der Waals surface area contributed by atoms with Crippen LogP contribution in [0.15, 0.2) is 29.6 Å². The average Bonchev–Trinajstić information content (AvgIpc) is 3.21. The van der Waals surface area contributed by atoms with Gasteiger partial charge in [-0.2, -0.15) is 0 Å². The van der Waals surface area contributed by atoms with E-state index in [9.17, 15) is 13.6 Å². The van der Waals surface area contributed by atoms with Crippen molar-refractivity contribution in [3.63, 3.8) is 0 Å². The molecule has 26 heavy (non-hydrogen) atoms. The molecular weight excluding hydrogens is 356 g/mol. The average molecular weight is 373 g/mol. The second-order valence-corrected chi connectivity index (χ2v) is 7.38. The van der Waals surface area contributed by atoms with Crippen molar-refractivity contribution in [3.05, 3.63) is 63.1 Å². The van der Waals surface area contributed by atoms with Crippen LogP contribution < -0.4 is 0 Å². The highest BCUT2D eigenvalue weighted by Gasteiger charge is 2.22. The minimum Gasteiger partial charge on any atom is -0.340 e. The summed E-state index contributed by atoms with van der Waals surface area (Å²) in [5.41, 5.74) is 3.27. The van der Waals surface area contributed by atoms with E-state index in [-0.39, 0.29) is 11.3 Å². The molecule has 7 heteroatoms. The van der Waals surface area contributed by atoms with Gasteiger partial charge in [-0.3, -0.25) is 9.69 Å². The lowest BCUT2D eigenvalue weighted by molar-refractivity contribution is 0.102. The Morgan fingerprint density at radius 1 is 1.35 bits per heavy atom. The number of nitrogens with one attached hydrogen (secondary N) is 1. The molecule has 0 bridgehead atoms. The van der Waals surface area contributed by atoms with Gasteiger partial charge in [0, 0.05) is 32.1 Å². The highest BCUT2D eigenvalue weighted by Crippen LogP contribution is 2.26. The van der Waals surface area contributed by atoms with Crippen molar-refractivity contribution < 1.29 is 13.6 Å². The highest BCUT2D eigenvalue weighted by atomic mass is 32.1. The third-order valence-corrected chi connectivity index (χ3v) is 5.58. The van der Waals surface area contributed by atoms with Crippen molar-refractivity contribution in [1.29, 1.82) is 0 Å². The standard InChI is InChI=1S/C19H17F2N3OS/c1-11(25)18-6-12(10-26-18)8-24-5-4-16-17(9-24)23-19(22-16)14-3-2-13(20)7-15(14)21/h2-3,6-7,10H,4-5,8-9H2,1H3,(H,22,23). The molecule has 0 unspecified atom stereocenters. The Morgan fingerprint density at radius 2 is 2.19 bits per heavy atom. The lowest BCUT2D eigenvalue weighted by Gasteiger charge is -2.25. The maximum Gasteiger partial charge on any atom is 0.169 e. The van der Waals surface area contributed by atoms with Crippen LogP contribution in [0.5, 0.6) is 0 Å². The number of aromatic nitrogens is 2. The van der Waals surface area contributed by atoms with Gasteiger partial charge in [-0.1, -0.05) is 0 Å². The van der Waals surface area contributed by atoms with E-state index in [0.717, 1.165) is 47.4 Å². The van der Waals surface area contributed by atoms with Crippen molar-refractivity contribution in [3.8, 4) is 11.4 Å². The number of Topliss-reactive ketones (excluding diaryl/α,β-unsaturated/α-hetero) is 1. The van der Waals surface area contributed by atoms with Crippen molar-refractivity contribution >= 4 is 17.1 Å².